The first-order valence-electron chi connectivity index (χ1n) is 17.2. The van der Waals surface area contributed by atoms with E-state index < -0.39 is 19.9 Å². The number of allylic oxidation sites excluding steroid dienone is 1. The maximum atomic E-state index is 13.0. The van der Waals surface area contributed by atoms with Crippen molar-refractivity contribution in [1.29, 1.82) is 0 Å². The van der Waals surface area contributed by atoms with Gasteiger partial charge in [-0.1, -0.05) is 121 Å². The van der Waals surface area contributed by atoms with E-state index in [2.05, 4.69) is 21.0 Å². The van der Waals surface area contributed by atoms with Crippen LogP contribution in [0.1, 0.15) is 129 Å². The highest BCUT2D eigenvalue weighted by atomic mass is 31.2. The Labute approximate surface area is 267 Å². The van der Waals surface area contributed by atoms with Gasteiger partial charge in [0, 0.05) is 25.5 Å². The summed E-state index contributed by atoms with van der Waals surface area (Å²) in [5.41, 5.74) is 1.60. The van der Waals surface area contributed by atoms with E-state index in [0.717, 1.165) is 44.3 Å². The average Bonchev–Trinajstić information content (AvgIpc) is 2.98. The van der Waals surface area contributed by atoms with E-state index in [1.807, 2.05) is 30.3 Å². The van der Waals surface area contributed by atoms with Crippen molar-refractivity contribution < 1.29 is 37.3 Å². The van der Waals surface area contributed by atoms with Gasteiger partial charge in [-0.25, -0.2) is 0 Å². The van der Waals surface area contributed by atoms with Gasteiger partial charge in [-0.2, -0.15) is 0 Å². The van der Waals surface area contributed by atoms with Crippen molar-refractivity contribution in [3.8, 4) is 0 Å². The topological polar surface area (TPSA) is 94.1 Å². The SMILES string of the molecule is CCCCCCCCCCCCCCCCOCC(COP(=O)([O-])OC(=C1CCCC[N+]1(C)C)c1ccccc1)OC(C)=O. The van der Waals surface area contributed by atoms with E-state index in [1.54, 1.807) is 0 Å². The quantitative estimate of drug-likeness (QED) is 0.0369. The molecule has 8 nitrogen and oxygen atoms in total. The van der Waals surface area contributed by atoms with Crippen LogP contribution in [0.4, 0.5) is 0 Å². The number of unbranched alkanes of at least 4 members (excludes halogenated alkanes) is 13. The second-order valence-electron chi connectivity index (χ2n) is 12.7. The Hall–Kier alpha value is -1.70. The van der Waals surface area contributed by atoms with Gasteiger partial charge in [0.1, 0.15) is 6.10 Å². The molecule has 44 heavy (non-hydrogen) atoms. The van der Waals surface area contributed by atoms with E-state index >= 15 is 0 Å². The zero-order valence-electron chi connectivity index (χ0n) is 28.1. The van der Waals surface area contributed by atoms with Crippen molar-refractivity contribution in [2.75, 3.05) is 40.5 Å². The minimum atomic E-state index is -4.78. The largest absolute Gasteiger partial charge is 0.746 e. The van der Waals surface area contributed by atoms with Gasteiger partial charge in [0.15, 0.2) is 11.5 Å². The number of ether oxygens (including phenoxy) is 2. The molecule has 2 rings (SSSR count). The summed E-state index contributed by atoms with van der Waals surface area (Å²) in [5.74, 6) is -0.208. The molecular formula is C35H60NO7P. The fourth-order valence-corrected chi connectivity index (χ4v) is 6.60. The Kier molecular flexibility index (Phi) is 19.2. The second-order valence-corrected chi connectivity index (χ2v) is 14.1. The second kappa shape index (κ2) is 21.9. The van der Waals surface area contributed by atoms with E-state index in [-0.39, 0.29) is 13.2 Å². The molecule has 2 atom stereocenters. The normalized spacial score (nSPS) is 17.9. The van der Waals surface area contributed by atoms with Gasteiger partial charge in [-0.3, -0.25) is 13.8 Å². The lowest BCUT2D eigenvalue weighted by molar-refractivity contribution is -0.857. The van der Waals surface area contributed by atoms with Crippen LogP contribution < -0.4 is 4.89 Å². The zero-order chi connectivity index (χ0) is 32.1. The highest BCUT2D eigenvalue weighted by molar-refractivity contribution is 7.46. The Bertz CT molecular complexity index is 998. The van der Waals surface area contributed by atoms with Crippen molar-refractivity contribution in [1.82, 2.24) is 0 Å². The molecule has 0 saturated carbocycles. The van der Waals surface area contributed by atoms with Gasteiger partial charge in [0.2, 0.25) is 0 Å². The third-order valence-corrected chi connectivity index (χ3v) is 9.18. The molecule has 1 fully saturated rings. The number of piperidine rings is 1. The number of hydrogen-bond donors (Lipinski definition) is 0. The first-order valence-corrected chi connectivity index (χ1v) is 18.6. The summed E-state index contributed by atoms with van der Waals surface area (Å²) in [7, 11) is -0.657. The molecule has 1 heterocycles. The molecule has 1 aromatic rings. The highest BCUT2D eigenvalue weighted by Gasteiger charge is 2.33. The van der Waals surface area contributed by atoms with Crippen LogP contribution in [0.2, 0.25) is 0 Å². The molecule has 252 valence electrons. The van der Waals surface area contributed by atoms with Gasteiger partial charge in [0.05, 0.1) is 33.9 Å². The monoisotopic (exact) mass is 637 g/mol. The van der Waals surface area contributed by atoms with Crippen molar-refractivity contribution in [3.05, 3.63) is 41.6 Å². The molecule has 1 aromatic carbocycles. The third-order valence-electron chi connectivity index (χ3n) is 8.31. The van der Waals surface area contributed by atoms with Crippen molar-refractivity contribution >= 4 is 19.6 Å². The van der Waals surface area contributed by atoms with Crippen LogP contribution in [0.15, 0.2) is 36.0 Å². The molecule has 0 radical (unpaired) electrons. The van der Waals surface area contributed by atoms with E-state index in [0.29, 0.717) is 22.4 Å². The molecule has 0 N–H and O–H groups in total. The average molecular weight is 638 g/mol. The number of esters is 1. The number of benzene rings is 1. The number of hydrogen-bond acceptors (Lipinski definition) is 7. The molecule has 0 amide bonds. The highest BCUT2D eigenvalue weighted by Crippen LogP contribution is 2.46. The summed E-state index contributed by atoms with van der Waals surface area (Å²) in [6, 6.07) is 9.26. The molecule has 2 unspecified atom stereocenters. The van der Waals surface area contributed by atoms with Crippen LogP contribution in [0.5, 0.6) is 0 Å². The Morgan fingerprint density at radius 1 is 0.864 bits per heavy atom. The van der Waals surface area contributed by atoms with Crippen LogP contribution in [0, 0.1) is 0 Å². The molecule has 1 saturated heterocycles. The standard InChI is InChI=1S/C35H60NO7P/c1-5-6-7-8-9-10-11-12-13-14-15-16-17-23-28-40-29-33(42-31(2)37)30-41-44(38,39)43-35(32-24-19-18-20-25-32)34-26-21-22-27-36(34,3)4/h18-20,24-25,33H,5-17,21-23,26-30H2,1-4H3. The summed E-state index contributed by atoms with van der Waals surface area (Å²) >= 11 is 0. The molecule has 0 aromatic heterocycles. The van der Waals surface area contributed by atoms with E-state index in [4.69, 9.17) is 18.5 Å². The summed E-state index contributed by atoms with van der Waals surface area (Å²) < 4.78 is 35.5. The number of quaternary nitrogens is 1. The van der Waals surface area contributed by atoms with Gasteiger partial charge in [-0.05, 0) is 19.3 Å². The maximum absolute atomic E-state index is 13.0. The first kappa shape index (κ1) is 38.5. The lowest BCUT2D eigenvalue weighted by Gasteiger charge is -2.37. The van der Waals surface area contributed by atoms with Crippen LogP contribution in [0.3, 0.4) is 0 Å². The number of rotatable bonds is 24. The molecule has 0 bridgehead atoms. The summed E-state index contributed by atoms with van der Waals surface area (Å²) in [6.07, 6.45) is 19.9. The Balaban J connectivity index is 1.72. The van der Waals surface area contributed by atoms with Crippen LogP contribution in [-0.4, -0.2) is 57.0 Å². The van der Waals surface area contributed by atoms with Crippen LogP contribution >= 0.6 is 7.82 Å². The van der Waals surface area contributed by atoms with Gasteiger partial charge in [-0.15, -0.1) is 0 Å². The minimum Gasteiger partial charge on any atom is -0.746 e. The van der Waals surface area contributed by atoms with Gasteiger partial charge in [0.25, 0.3) is 0 Å². The molecule has 1 aliphatic heterocycles. The lowest BCUT2D eigenvalue weighted by Crippen LogP contribution is -2.42. The molecule has 0 aliphatic carbocycles. The van der Waals surface area contributed by atoms with Crippen molar-refractivity contribution in [3.63, 3.8) is 0 Å². The van der Waals surface area contributed by atoms with Crippen LogP contribution in [0.25, 0.3) is 5.76 Å². The Morgan fingerprint density at radius 2 is 1.43 bits per heavy atom. The molecule has 1 aliphatic rings. The number of likely N-dealkylation sites (tertiary alicyclic amines) is 1. The number of phosphoric acid groups is 1. The third kappa shape index (κ3) is 16.6. The fraction of sp³-hybridized carbons (Fsp3) is 0.743. The number of carbonyl (C=O) groups excluding carboxylic acids is 1. The Morgan fingerprint density at radius 3 is 1.98 bits per heavy atom. The number of nitrogens with zero attached hydrogens (tertiary/aromatic N) is 1. The summed E-state index contributed by atoms with van der Waals surface area (Å²) in [5, 5.41) is 0. The number of carbonyl (C=O) groups is 1. The summed E-state index contributed by atoms with van der Waals surface area (Å²) in [4.78, 5) is 24.7. The van der Waals surface area contributed by atoms with Gasteiger partial charge < -0.3 is 23.4 Å². The van der Waals surface area contributed by atoms with Crippen molar-refractivity contribution in [2.45, 2.75) is 129 Å². The smallest absolute Gasteiger partial charge is 0.320 e. The first-order chi connectivity index (χ1) is 21.1. The van der Waals surface area contributed by atoms with Gasteiger partial charge >= 0.3 is 13.8 Å². The fourth-order valence-electron chi connectivity index (χ4n) is 5.76. The van der Waals surface area contributed by atoms with E-state index in [9.17, 15) is 14.3 Å². The lowest BCUT2D eigenvalue weighted by atomic mass is 10.0. The predicted molar refractivity (Wildman–Crippen MR) is 176 cm³/mol. The summed E-state index contributed by atoms with van der Waals surface area (Å²) in [6.45, 7) is 4.66. The molecule has 9 heteroatoms. The van der Waals surface area contributed by atoms with E-state index in [1.165, 1.54) is 84.0 Å². The maximum Gasteiger partial charge on any atom is 0.320 e. The van der Waals surface area contributed by atoms with Crippen molar-refractivity contribution in [2.24, 2.45) is 0 Å². The zero-order valence-corrected chi connectivity index (χ0v) is 29.0. The number of phosphoric ester groups is 1. The minimum absolute atomic E-state index is 0.0641. The molecule has 0 spiro atoms. The predicted octanol–water partition coefficient (Wildman–Crippen LogP) is 8.55. The van der Waals surface area contributed by atoms with Crippen LogP contribution in [-0.2, 0) is 27.9 Å². The molecular weight excluding hydrogens is 577 g/mol.